The monoisotopic (exact) mass is 333 g/mol. The summed E-state index contributed by atoms with van der Waals surface area (Å²) in [6, 6.07) is 0.958. The van der Waals surface area contributed by atoms with Gasteiger partial charge in [0.05, 0.1) is 11.5 Å². The van der Waals surface area contributed by atoms with E-state index in [0.29, 0.717) is 25.0 Å². The molecule has 0 unspecified atom stereocenters. The van der Waals surface area contributed by atoms with Crippen molar-refractivity contribution in [2.24, 2.45) is 5.92 Å². The van der Waals surface area contributed by atoms with E-state index in [2.05, 4.69) is 0 Å². The van der Waals surface area contributed by atoms with Crippen LogP contribution in [0, 0.1) is 11.7 Å². The first-order chi connectivity index (χ1) is 10.6. The number of hydrogen-bond acceptors (Lipinski definition) is 2. The summed E-state index contributed by atoms with van der Waals surface area (Å²) in [6.45, 7) is 1.75. The summed E-state index contributed by atoms with van der Waals surface area (Å²) in [4.78, 5) is 24.8. The number of carbonyl (C=O) groups excluding carboxylic acids is 1. The van der Waals surface area contributed by atoms with Gasteiger partial charge < -0.3 is 10.0 Å². The predicted octanol–water partition coefficient (Wildman–Crippen LogP) is 3.17. The minimum absolute atomic E-state index is 0.224. The molecule has 0 radical (unpaired) electrons. The number of rotatable bonds is 2. The number of carboxylic acid groups (broad SMARTS) is 1. The highest BCUT2D eigenvalue weighted by atomic mass is 19.4. The standard InChI is InChI=1S/C15H15F4NO3/c1-8-12(14(22)23)3-2-4-20(8)13(21)9-5-10(15(17,18)19)7-11(16)6-9/h5-8,12H,2-4H2,1H3,(H,22,23)/t8-,12-/m1/s1. The van der Waals surface area contributed by atoms with Gasteiger partial charge in [-0.15, -0.1) is 0 Å². The molecule has 0 saturated carbocycles. The van der Waals surface area contributed by atoms with Gasteiger partial charge in [0.15, 0.2) is 0 Å². The molecule has 1 amide bonds. The minimum Gasteiger partial charge on any atom is -0.481 e. The normalized spacial score (nSPS) is 22.0. The lowest BCUT2D eigenvalue weighted by atomic mass is 9.89. The molecule has 0 aliphatic carbocycles. The molecule has 2 rings (SSSR count). The second-order valence-electron chi connectivity index (χ2n) is 5.55. The van der Waals surface area contributed by atoms with Crippen LogP contribution in [-0.4, -0.2) is 34.5 Å². The van der Waals surface area contributed by atoms with Crippen LogP contribution in [0.15, 0.2) is 18.2 Å². The number of piperidine rings is 1. The summed E-state index contributed by atoms with van der Waals surface area (Å²) in [5.41, 5.74) is -1.68. The molecule has 0 bridgehead atoms. The fourth-order valence-corrected chi connectivity index (χ4v) is 2.80. The smallest absolute Gasteiger partial charge is 0.416 e. The van der Waals surface area contributed by atoms with Crippen LogP contribution >= 0.6 is 0 Å². The zero-order valence-corrected chi connectivity index (χ0v) is 12.2. The van der Waals surface area contributed by atoms with Gasteiger partial charge in [0.1, 0.15) is 5.82 Å². The van der Waals surface area contributed by atoms with E-state index >= 15 is 0 Å². The number of likely N-dealkylation sites (tertiary alicyclic amines) is 1. The molecule has 126 valence electrons. The summed E-state index contributed by atoms with van der Waals surface area (Å²) in [7, 11) is 0. The molecule has 0 aromatic heterocycles. The number of carbonyl (C=O) groups is 2. The first kappa shape index (κ1) is 17.2. The van der Waals surface area contributed by atoms with Crippen LogP contribution in [0.2, 0.25) is 0 Å². The zero-order valence-electron chi connectivity index (χ0n) is 12.2. The second-order valence-corrected chi connectivity index (χ2v) is 5.55. The molecule has 1 heterocycles. The first-order valence-corrected chi connectivity index (χ1v) is 7.03. The van der Waals surface area contributed by atoms with Crippen LogP contribution in [0.5, 0.6) is 0 Å². The molecule has 1 aromatic carbocycles. The van der Waals surface area contributed by atoms with E-state index < -0.39 is 47.0 Å². The van der Waals surface area contributed by atoms with Gasteiger partial charge in [-0.3, -0.25) is 9.59 Å². The third-order valence-corrected chi connectivity index (χ3v) is 4.04. The fourth-order valence-electron chi connectivity index (χ4n) is 2.80. The summed E-state index contributed by atoms with van der Waals surface area (Å²) in [5, 5.41) is 9.13. The van der Waals surface area contributed by atoms with E-state index in [1.54, 1.807) is 0 Å². The summed E-state index contributed by atoms with van der Waals surface area (Å²) in [6.07, 6.45) is -3.96. The van der Waals surface area contributed by atoms with E-state index in [0.717, 1.165) is 6.07 Å². The van der Waals surface area contributed by atoms with Gasteiger partial charge in [0.25, 0.3) is 5.91 Å². The Kier molecular flexibility index (Phi) is 4.63. The molecule has 1 saturated heterocycles. The van der Waals surface area contributed by atoms with Gasteiger partial charge >= 0.3 is 12.1 Å². The maximum absolute atomic E-state index is 13.4. The highest BCUT2D eigenvalue weighted by molar-refractivity contribution is 5.95. The highest BCUT2D eigenvalue weighted by Gasteiger charge is 2.37. The number of alkyl halides is 3. The Bertz CT molecular complexity index is 630. The Labute approximate surface area is 129 Å². The third-order valence-electron chi connectivity index (χ3n) is 4.04. The average Bonchev–Trinajstić information content (AvgIpc) is 2.45. The third kappa shape index (κ3) is 3.62. The van der Waals surface area contributed by atoms with Crippen LogP contribution < -0.4 is 0 Å². The lowest BCUT2D eigenvalue weighted by Gasteiger charge is -2.37. The number of carboxylic acids is 1. The molecule has 4 nitrogen and oxygen atoms in total. The first-order valence-electron chi connectivity index (χ1n) is 7.03. The highest BCUT2D eigenvalue weighted by Crippen LogP contribution is 2.31. The van der Waals surface area contributed by atoms with E-state index in [1.807, 2.05) is 0 Å². The molecule has 1 aliphatic heterocycles. The van der Waals surface area contributed by atoms with Crippen molar-refractivity contribution in [1.29, 1.82) is 0 Å². The van der Waals surface area contributed by atoms with E-state index in [9.17, 15) is 27.2 Å². The molecule has 1 aromatic rings. The zero-order chi connectivity index (χ0) is 17.4. The van der Waals surface area contributed by atoms with Crippen LogP contribution in [0.4, 0.5) is 17.6 Å². The van der Waals surface area contributed by atoms with Crippen LogP contribution in [-0.2, 0) is 11.0 Å². The Balaban J connectivity index is 2.33. The van der Waals surface area contributed by atoms with Gasteiger partial charge in [-0.1, -0.05) is 0 Å². The van der Waals surface area contributed by atoms with Gasteiger partial charge in [0.2, 0.25) is 0 Å². The van der Waals surface area contributed by atoms with Crippen molar-refractivity contribution in [3.63, 3.8) is 0 Å². The number of aliphatic carboxylic acids is 1. The molecule has 8 heteroatoms. The lowest BCUT2D eigenvalue weighted by molar-refractivity contribution is -0.145. The van der Waals surface area contributed by atoms with Crippen molar-refractivity contribution in [2.45, 2.75) is 32.0 Å². The van der Waals surface area contributed by atoms with Gasteiger partial charge in [0, 0.05) is 18.2 Å². The van der Waals surface area contributed by atoms with Gasteiger partial charge in [-0.2, -0.15) is 13.2 Å². The minimum atomic E-state index is -4.77. The van der Waals surface area contributed by atoms with Gasteiger partial charge in [-0.05, 0) is 38.0 Å². The molecular formula is C15H15F4NO3. The maximum Gasteiger partial charge on any atom is 0.416 e. The number of nitrogens with zero attached hydrogens (tertiary/aromatic N) is 1. The molecule has 0 spiro atoms. The summed E-state index contributed by atoms with van der Waals surface area (Å²) in [5.74, 6) is -3.82. The summed E-state index contributed by atoms with van der Waals surface area (Å²) >= 11 is 0. The Morgan fingerprint density at radius 1 is 1.26 bits per heavy atom. The molecule has 23 heavy (non-hydrogen) atoms. The van der Waals surface area contributed by atoms with Crippen LogP contribution in [0.25, 0.3) is 0 Å². The van der Waals surface area contributed by atoms with Crippen LogP contribution in [0.3, 0.4) is 0 Å². The van der Waals surface area contributed by atoms with Gasteiger partial charge in [-0.25, -0.2) is 4.39 Å². The van der Waals surface area contributed by atoms with E-state index in [1.165, 1.54) is 11.8 Å². The van der Waals surface area contributed by atoms with Crippen molar-refractivity contribution in [2.75, 3.05) is 6.54 Å². The van der Waals surface area contributed by atoms with Crippen molar-refractivity contribution >= 4 is 11.9 Å². The van der Waals surface area contributed by atoms with Crippen molar-refractivity contribution in [3.05, 3.63) is 35.1 Å². The number of hydrogen-bond donors (Lipinski definition) is 1. The predicted molar refractivity (Wildman–Crippen MR) is 72.3 cm³/mol. The number of amides is 1. The van der Waals surface area contributed by atoms with Crippen molar-refractivity contribution in [3.8, 4) is 0 Å². The summed E-state index contributed by atoms with van der Waals surface area (Å²) < 4.78 is 51.6. The fraction of sp³-hybridized carbons (Fsp3) is 0.467. The molecule has 1 N–H and O–H groups in total. The molecule has 2 atom stereocenters. The van der Waals surface area contributed by atoms with Crippen molar-refractivity contribution < 1.29 is 32.3 Å². The Morgan fingerprint density at radius 3 is 2.48 bits per heavy atom. The lowest BCUT2D eigenvalue weighted by Crippen LogP contribution is -2.49. The van der Waals surface area contributed by atoms with E-state index in [-0.39, 0.29) is 6.54 Å². The number of halogens is 4. The Morgan fingerprint density at radius 2 is 1.91 bits per heavy atom. The maximum atomic E-state index is 13.4. The largest absolute Gasteiger partial charge is 0.481 e. The van der Waals surface area contributed by atoms with E-state index in [4.69, 9.17) is 5.11 Å². The molecular weight excluding hydrogens is 318 g/mol. The van der Waals surface area contributed by atoms with Crippen LogP contribution in [0.1, 0.15) is 35.7 Å². The Hall–Kier alpha value is -2.12. The SMILES string of the molecule is C[C@@H]1[C@H](C(=O)O)CCCN1C(=O)c1cc(F)cc(C(F)(F)F)c1. The average molecular weight is 333 g/mol. The second kappa shape index (κ2) is 6.17. The molecule has 1 fully saturated rings. The number of benzene rings is 1. The quantitative estimate of drug-likeness (QED) is 0.846. The van der Waals surface area contributed by atoms with Crippen molar-refractivity contribution in [1.82, 2.24) is 4.90 Å². The molecule has 1 aliphatic rings. The topological polar surface area (TPSA) is 57.6 Å².